The first-order valence-electron chi connectivity index (χ1n) is 7.96. The van der Waals surface area contributed by atoms with E-state index in [9.17, 15) is 4.57 Å². The lowest BCUT2D eigenvalue weighted by atomic mass is 10.4. The Labute approximate surface area is 150 Å². The van der Waals surface area contributed by atoms with Crippen molar-refractivity contribution in [3.05, 3.63) is 0 Å². The van der Waals surface area contributed by atoms with E-state index in [2.05, 4.69) is 24.8 Å². The highest BCUT2D eigenvalue weighted by Gasteiger charge is 2.39. The average molecular weight is 416 g/mol. The molecule has 144 valence electrons. The fourth-order valence-electron chi connectivity index (χ4n) is 1.60. The number of hydrogen-bond acceptors (Lipinski definition) is 7. The largest absolute Gasteiger partial charge is 0.455 e. The maximum atomic E-state index is 13.1. The highest BCUT2D eigenvalue weighted by atomic mass is 31.2. The smallest absolute Gasteiger partial charge is 0.407 e. The molecule has 0 N–H and O–H groups in total. The molecule has 0 aliphatic heterocycles. The fourth-order valence-corrected chi connectivity index (χ4v) is 9.24. The van der Waals surface area contributed by atoms with Gasteiger partial charge < -0.3 is 17.7 Å². The van der Waals surface area contributed by atoms with Gasteiger partial charge in [-0.05, 0) is 58.9 Å². The Kier molecular flexibility index (Phi) is 9.29. The Morgan fingerprint density at radius 1 is 0.917 bits per heavy atom. The molecule has 0 aliphatic rings. The van der Waals surface area contributed by atoms with Gasteiger partial charge in [0.05, 0.1) is 12.8 Å². The number of hydrogen-bond donors (Lipinski definition) is 0. The number of rotatable bonds is 11. The molecule has 7 nitrogen and oxygen atoms in total. The SMILES string of the molecule is CO/N=C/C(COP(=O)(O[Si](C)(C)C)O[Si](C)(C)C)O[Si](C)(C)C. The summed E-state index contributed by atoms with van der Waals surface area (Å²) < 4.78 is 36.2. The lowest BCUT2D eigenvalue weighted by Gasteiger charge is -2.31. The number of phosphoric acid groups is 1. The molecule has 24 heavy (non-hydrogen) atoms. The molecule has 0 bridgehead atoms. The maximum Gasteiger partial charge on any atom is 0.455 e. The van der Waals surface area contributed by atoms with E-state index >= 15 is 0 Å². The summed E-state index contributed by atoms with van der Waals surface area (Å²) in [5.41, 5.74) is 0. The van der Waals surface area contributed by atoms with Crippen molar-refractivity contribution < 1.29 is 26.8 Å². The van der Waals surface area contributed by atoms with E-state index in [0.717, 1.165) is 0 Å². The van der Waals surface area contributed by atoms with Crippen LogP contribution in [0.4, 0.5) is 0 Å². The lowest BCUT2D eigenvalue weighted by Crippen LogP contribution is -2.36. The van der Waals surface area contributed by atoms with E-state index < -0.39 is 38.9 Å². The Hall–Kier alpha value is 0.191. The molecule has 1 unspecified atom stereocenters. The van der Waals surface area contributed by atoms with Crippen LogP contribution >= 0.6 is 7.82 Å². The minimum atomic E-state index is -3.66. The van der Waals surface area contributed by atoms with Crippen molar-refractivity contribution in [1.29, 1.82) is 0 Å². The molecule has 0 aromatic carbocycles. The predicted molar refractivity (Wildman–Crippen MR) is 106 cm³/mol. The monoisotopic (exact) mass is 415 g/mol. The topological polar surface area (TPSA) is 75.6 Å². The molecule has 0 aliphatic carbocycles. The molecule has 1 atom stereocenters. The Morgan fingerprint density at radius 3 is 1.71 bits per heavy atom. The summed E-state index contributed by atoms with van der Waals surface area (Å²) in [6.45, 7) is 17.9. The Morgan fingerprint density at radius 2 is 1.38 bits per heavy atom. The minimum Gasteiger partial charge on any atom is -0.407 e. The van der Waals surface area contributed by atoms with Gasteiger partial charge in [0.1, 0.15) is 13.2 Å². The van der Waals surface area contributed by atoms with E-state index in [1.165, 1.54) is 13.3 Å². The molecule has 0 fully saturated rings. The van der Waals surface area contributed by atoms with Gasteiger partial charge >= 0.3 is 7.82 Å². The summed E-state index contributed by atoms with van der Waals surface area (Å²) in [6, 6.07) is 0. The van der Waals surface area contributed by atoms with Crippen LogP contribution in [0.2, 0.25) is 58.9 Å². The molecular formula is C13H34NO6PSi3. The fraction of sp³-hybridized carbons (Fsp3) is 0.923. The first-order chi connectivity index (χ1) is 10.6. The summed E-state index contributed by atoms with van der Waals surface area (Å²) in [5, 5.41) is 3.74. The first-order valence-corrected chi connectivity index (χ1v) is 19.6. The maximum absolute atomic E-state index is 13.1. The van der Waals surface area contributed by atoms with Crippen molar-refractivity contribution in [1.82, 2.24) is 0 Å². The van der Waals surface area contributed by atoms with E-state index in [4.69, 9.17) is 22.2 Å². The van der Waals surface area contributed by atoms with Gasteiger partial charge in [-0.15, -0.1) is 0 Å². The van der Waals surface area contributed by atoms with Crippen LogP contribution in [0.25, 0.3) is 0 Å². The third kappa shape index (κ3) is 13.5. The second-order valence-corrected chi connectivity index (χ2v) is 23.9. The van der Waals surface area contributed by atoms with Gasteiger partial charge in [0.15, 0.2) is 25.0 Å². The van der Waals surface area contributed by atoms with Gasteiger partial charge in [0.25, 0.3) is 0 Å². The second kappa shape index (κ2) is 9.22. The van der Waals surface area contributed by atoms with Gasteiger partial charge in [0.2, 0.25) is 0 Å². The molecule has 0 saturated heterocycles. The van der Waals surface area contributed by atoms with E-state index in [1.807, 2.05) is 39.3 Å². The van der Waals surface area contributed by atoms with Gasteiger partial charge in [-0.3, -0.25) is 4.52 Å². The zero-order valence-electron chi connectivity index (χ0n) is 16.7. The molecule has 0 aromatic rings. The zero-order chi connectivity index (χ0) is 19.2. The van der Waals surface area contributed by atoms with Crippen molar-refractivity contribution in [2.24, 2.45) is 5.16 Å². The lowest BCUT2D eigenvalue weighted by molar-refractivity contribution is 0.135. The highest BCUT2D eigenvalue weighted by molar-refractivity contribution is 7.52. The Bertz CT molecular complexity index is 436. The van der Waals surface area contributed by atoms with Crippen molar-refractivity contribution in [2.45, 2.75) is 65.0 Å². The number of nitrogens with zero attached hydrogens (tertiary/aromatic N) is 1. The third-order valence-corrected chi connectivity index (χ3v) is 9.65. The van der Waals surface area contributed by atoms with Crippen molar-refractivity contribution >= 4 is 39.0 Å². The summed E-state index contributed by atoms with van der Waals surface area (Å²) in [4.78, 5) is 4.71. The Balaban J connectivity index is 5.17. The van der Waals surface area contributed by atoms with Gasteiger partial charge in [-0.1, -0.05) is 5.16 Å². The molecule has 0 aromatic heterocycles. The van der Waals surface area contributed by atoms with Crippen LogP contribution in [-0.2, 0) is 26.8 Å². The quantitative estimate of drug-likeness (QED) is 0.211. The average Bonchev–Trinajstić information content (AvgIpc) is 2.26. The summed E-state index contributed by atoms with van der Waals surface area (Å²) in [7, 11) is -8.28. The second-order valence-electron chi connectivity index (χ2n) is 8.36. The summed E-state index contributed by atoms with van der Waals surface area (Å²) >= 11 is 0. The van der Waals surface area contributed by atoms with Crippen molar-refractivity contribution in [3.8, 4) is 0 Å². The molecular weight excluding hydrogens is 381 g/mol. The summed E-state index contributed by atoms with van der Waals surface area (Å²) in [5.74, 6) is 0. The van der Waals surface area contributed by atoms with Crippen molar-refractivity contribution in [3.63, 3.8) is 0 Å². The third-order valence-electron chi connectivity index (χ3n) is 2.01. The van der Waals surface area contributed by atoms with Crippen LogP contribution in [0.5, 0.6) is 0 Å². The standard InChI is InChI=1S/C13H34NO6PSi3/c1-16-14-11-13(18-22(2,3)4)12-17-21(15,19-23(5,6)7)20-24(8,9)10/h11,13H,12H2,1-10H3/b14-11+. The molecule has 0 radical (unpaired) electrons. The zero-order valence-corrected chi connectivity index (χ0v) is 20.6. The predicted octanol–water partition coefficient (Wildman–Crippen LogP) is 4.67. The van der Waals surface area contributed by atoms with Crippen LogP contribution in [0.15, 0.2) is 5.16 Å². The highest BCUT2D eigenvalue weighted by Crippen LogP contribution is 2.54. The van der Waals surface area contributed by atoms with Crippen LogP contribution in [-0.4, -0.2) is 51.0 Å². The molecule has 0 amide bonds. The van der Waals surface area contributed by atoms with Crippen LogP contribution in [0, 0.1) is 0 Å². The van der Waals surface area contributed by atoms with E-state index in [1.54, 1.807) is 0 Å². The van der Waals surface area contributed by atoms with E-state index in [-0.39, 0.29) is 6.61 Å². The van der Waals surface area contributed by atoms with Gasteiger partial charge in [-0.2, -0.15) is 0 Å². The normalized spacial score (nSPS) is 15.8. The van der Waals surface area contributed by atoms with Gasteiger partial charge in [-0.25, -0.2) is 4.57 Å². The summed E-state index contributed by atoms with van der Waals surface area (Å²) in [6.07, 6.45) is 1.03. The number of oxime groups is 1. The van der Waals surface area contributed by atoms with Crippen LogP contribution < -0.4 is 0 Å². The first kappa shape index (κ1) is 24.2. The van der Waals surface area contributed by atoms with Crippen molar-refractivity contribution in [2.75, 3.05) is 13.7 Å². The molecule has 0 rings (SSSR count). The molecule has 11 heteroatoms. The van der Waals surface area contributed by atoms with Crippen LogP contribution in [0.1, 0.15) is 0 Å². The van der Waals surface area contributed by atoms with Gasteiger partial charge in [0, 0.05) is 0 Å². The van der Waals surface area contributed by atoms with E-state index in [0.29, 0.717) is 0 Å². The minimum absolute atomic E-state index is 0.0311. The molecule has 0 heterocycles. The molecule has 0 saturated carbocycles. The molecule has 0 spiro atoms. The van der Waals surface area contributed by atoms with Crippen LogP contribution in [0.3, 0.4) is 0 Å².